The largest absolute Gasteiger partial charge is 0.392 e. The molecule has 1 aromatic rings. The maximum absolute atomic E-state index is 13.0. The molecule has 0 saturated heterocycles. The van der Waals surface area contributed by atoms with Crippen LogP contribution in [0.4, 0.5) is 8.78 Å². The van der Waals surface area contributed by atoms with E-state index >= 15 is 0 Å². The summed E-state index contributed by atoms with van der Waals surface area (Å²) in [5.41, 5.74) is 0.646. The van der Waals surface area contributed by atoms with Crippen LogP contribution in [0.5, 0.6) is 0 Å². The Bertz CT molecular complexity index is 391. The van der Waals surface area contributed by atoms with Crippen LogP contribution in [-0.4, -0.2) is 23.8 Å². The number of aliphatic hydroxyl groups excluding tert-OH is 1. The highest BCUT2D eigenvalue weighted by Gasteiger charge is 2.20. The van der Waals surface area contributed by atoms with Gasteiger partial charge in [0, 0.05) is 12.1 Å². The molecule has 0 aromatic heterocycles. The van der Waals surface area contributed by atoms with Gasteiger partial charge in [-0.2, -0.15) is 0 Å². The van der Waals surface area contributed by atoms with Crippen molar-refractivity contribution < 1.29 is 13.9 Å². The number of aliphatic hydroxyl groups is 1. The first-order valence-corrected chi connectivity index (χ1v) is 7.01. The molecule has 0 amide bonds. The van der Waals surface area contributed by atoms with Crippen molar-refractivity contribution in [3.63, 3.8) is 0 Å². The molecule has 1 aromatic carbocycles. The third-order valence-electron chi connectivity index (χ3n) is 3.72. The Morgan fingerprint density at radius 2 is 1.74 bits per heavy atom. The summed E-state index contributed by atoms with van der Waals surface area (Å²) in [7, 11) is 0. The zero-order chi connectivity index (χ0) is 13.7. The standard InChI is InChI=1S/C15H21F2NO/c16-12-8-11(9-13(17)10-12)6-7-18-14-4-2-1-3-5-15(14)19/h8-10,14-15,18-19H,1-7H2. The summed E-state index contributed by atoms with van der Waals surface area (Å²) < 4.78 is 26.1. The van der Waals surface area contributed by atoms with Crippen molar-refractivity contribution in [1.82, 2.24) is 5.32 Å². The normalized spacial score (nSPS) is 24.2. The van der Waals surface area contributed by atoms with Gasteiger partial charge in [-0.3, -0.25) is 0 Å². The number of rotatable bonds is 4. The van der Waals surface area contributed by atoms with Gasteiger partial charge in [-0.1, -0.05) is 19.3 Å². The van der Waals surface area contributed by atoms with E-state index < -0.39 is 11.6 Å². The van der Waals surface area contributed by atoms with Crippen LogP contribution in [-0.2, 0) is 6.42 Å². The first-order valence-electron chi connectivity index (χ1n) is 7.01. The monoisotopic (exact) mass is 269 g/mol. The van der Waals surface area contributed by atoms with E-state index in [0.29, 0.717) is 18.5 Å². The van der Waals surface area contributed by atoms with E-state index in [1.807, 2.05) is 0 Å². The zero-order valence-corrected chi connectivity index (χ0v) is 11.0. The van der Waals surface area contributed by atoms with Gasteiger partial charge >= 0.3 is 0 Å². The Morgan fingerprint density at radius 3 is 2.47 bits per heavy atom. The number of halogens is 2. The van der Waals surface area contributed by atoms with E-state index in [1.54, 1.807) is 0 Å². The van der Waals surface area contributed by atoms with Crippen LogP contribution < -0.4 is 5.32 Å². The number of benzene rings is 1. The molecule has 1 aliphatic carbocycles. The quantitative estimate of drug-likeness (QED) is 0.824. The van der Waals surface area contributed by atoms with Gasteiger partial charge in [-0.15, -0.1) is 0 Å². The van der Waals surface area contributed by atoms with Crippen LogP contribution in [0, 0.1) is 11.6 Å². The number of nitrogens with one attached hydrogen (secondary N) is 1. The Hall–Kier alpha value is -1.00. The van der Waals surface area contributed by atoms with Crippen molar-refractivity contribution in [2.45, 2.75) is 50.7 Å². The van der Waals surface area contributed by atoms with E-state index in [1.165, 1.54) is 18.6 Å². The number of hydrogen-bond donors (Lipinski definition) is 2. The van der Waals surface area contributed by atoms with Crippen molar-refractivity contribution in [1.29, 1.82) is 0 Å². The smallest absolute Gasteiger partial charge is 0.126 e. The van der Waals surface area contributed by atoms with E-state index in [-0.39, 0.29) is 12.1 Å². The van der Waals surface area contributed by atoms with E-state index in [2.05, 4.69) is 5.32 Å². The van der Waals surface area contributed by atoms with Gasteiger partial charge in [0.1, 0.15) is 11.6 Å². The number of hydrogen-bond acceptors (Lipinski definition) is 2. The Morgan fingerprint density at radius 1 is 1.05 bits per heavy atom. The van der Waals surface area contributed by atoms with Gasteiger partial charge < -0.3 is 10.4 Å². The maximum Gasteiger partial charge on any atom is 0.126 e. The summed E-state index contributed by atoms with van der Waals surface area (Å²) in [6.45, 7) is 0.630. The van der Waals surface area contributed by atoms with Gasteiger partial charge in [0.05, 0.1) is 6.10 Å². The van der Waals surface area contributed by atoms with Crippen molar-refractivity contribution in [2.75, 3.05) is 6.54 Å². The van der Waals surface area contributed by atoms with E-state index in [9.17, 15) is 13.9 Å². The Labute approximate surface area is 112 Å². The highest BCUT2D eigenvalue weighted by molar-refractivity contribution is 5.18. The molecule has 0 spiro atoms. The molecular weight excluding hydrogens is 248 g/mol. The second kappa shape index (κ2) is 6.96. The molecule has 19 heavy (non-hydrogen) atoms. The molecule has 0 aliphatic heterocycles. The van der Waals surface area contributed by atoms with Gasteiger partial charge in [0.2, 0.25) is 0 Å². The van der Waals surface area contributed by atoms with E-state index in [4.69, 9.17) is 0 Å². The van der Waals surface area contributed by atoms with Gasteiger partial charge in [-0.05, 0) is 43.5 Å². The topological polar surface area (TPSA) is 32.3 Å². The highest BCUT2D eigenvalue weighted by atomic mass is 19.1. The second-order valence-electron chi connectivity index (χ2n) is 5.29. The lowest BCUT2D eigenvalue weighted by molar-refractivity contribution is 0.120. The zero-order valence-electron chi connectivity index (χ0n) is 11.0. The molecule has 1 saturated carbocycles. The molecule has 0 bridgehead atoms. The van der Waals surface area contributed by atoms with Crippen LogP contribution in [0.1, 0.15) is 37.7 Å². The summed E-state index contributed by atoms with van der Waals surface area (Å²) in [5.74, 6) is -1.07. The summed E-state index contributed by atoms with van der Waals surface area (Å²) in [6.07, 6.45) is 5.46. The first-order chi connectivity index (χ1) is 9.15. The molecule has 106 valence electrons. The van der Waals surface area contributed by atoms with Gasteiger partial charge in [0.25, 0.3) is 0 Å². The molecule has 2 unspecified atom stereocenters. The molecule has 4 heteroatoms. The van der Waals surface area contributed by atoms with Crippen LogP contribution >= 0.6 is 0 Å². The lowest BCUT2D eigenvalue weighted by atomic mass is 10.1. The van der Waals surface area contributed by atoms with Crippen molar-refractivity contribution in [3.05, 3.63) is 35.4 Å². The second-order valence-corrected chi connectivity index (χ2v) is 5.29. The fourth-order valence-electron chi connectivity index (χ4n) is 2.68. The SMILES string of the molecule is OC1CCCCCC1NCCc1cc(F)cc(F)c1. The molecule has 2 nitrogen and oxygen atoms in total. The molecule has 2 N–H and O–H groups in total. The molecule has 2 rings (SSSR count). The van der Waals surface area contributed by atoms with Crippen LogP contribution in [0.25, 0.3) is 0 Å². The minimum absolute atomic E-state index is 0.112. The molecule has 2 atom stereocenters. The molecule has 0 radical (unpaired) electrons. The lowest BCUT2D eigenvalue weighted by Gasteiger charge is -2.21. The maximum atomic E-state index is 13.0. The van der Waals surface area contributed by atoms with Crippen molar-refractivity contribution in [2.24, 2.45) is 0 Å². The minimum Gasteiger partial charge on any atom is -0.392 e. The molecule has 1 aliphatic rings. The summed E-state index contributed by atoms with van der Waals surface area (Å²) >= 11 is 0. The summed E-state index contributed by atoms with van der Waals surface area (Å²) in [4.78, 5) is 0. The van der Waals surface area contributed by atoms with Gasteiger partial charge in [-0.25, -0.2) is 8.78 Å². The highest BCUT2D eigenvalue weighted by Crippen LogP contribution is 2.18. The fourth-order valence-corrected chi connectivity index (χ4v) is 2.68. The summed E-state index contributed by atoms with van der Waals surface area (Å²) in [6, 6.07) is 3.70. The van der Waals surface area contributed by atoms with Crippen LogP contribution in [0.3, 0.4) is 0 Å². The first kappa shape index (κ1) is 14.4. The predicted molar refractivity (Wildman–Crippen MR) is 70.9 cm³/mol. The van der Waals surface area contributed by atoms with Crippen LogP contribution in [0.15, 0.2) is 18.2 Å². The van der Waals surface area contributed by atoms with Crippen LogP contribution in [0.2, 0.25) is 0 Å². The minimum atomic E-state index is -0.537. The predicted octanol–water partition coefficient (Wildman–Crippen LogP) is 2.79. The average molecular weight is 269 g/mol. The van der Waals surface area contributed by atoms with Crippen molar-refractivity contribution in [3.8, 4) is 0 Å². The molecule has 1 fully saturated rings. The fraction of sp³-hybridized carbons (Fsp3) is 0.600. The molecule has 0 heterocycles. The molecular formula is C15H21F2NO. The lowest BCUT2D eigenvalue weighted by Crippen LogP contribution is -2.40. The third kappa shape index (κ3) is 4.55. The van der Waals surface area contributed by atoms with Gasteiger partial charge in [0.15, 0.2) is 0 Å². The summed E-state index contributed by atoms with van der Waals surface area (Å²) in [5, 5.41) is 13.3. The Balaban J connectivity index is 1.82. The van der Waals surface area contributed by atoms with E-state index in [0.717, 1.165) is 31.7 Å². The average Bonchev–Trinajstić information content (AvgIpc) is 2.54. The van der Waals surface area contributed by atoms with Crippen molar-refractivity contribution >= 4 is 0 Å². The third-order valence-corrected chi connectivity index (χ3v) is 3.72. The Kier molecular flexibility index (Phi) is 5.28.